The second kappa shape index (κ2) is 10.7. The third kappa shape index (κ3) is 5.69. The van der Waals surface area contributed by atoms with E-state index in [0.717, 1.165) is 60.1 Å². The van der Waals surface area contributed by atoms with Crippen LogP contribution in [-0.4, -0.2) is 95.6 Å². The third-order valence-electron chi connectivity index (χ3n) is 7.83. The topological polar surface area (TPSA) is 73.4 Å². The number of carbonyl (C=O) groups is 1. The number of likely N-dealkylation sites (tertiary alicyclic amines) is 2. The zero-order chi connectivity index (χ0) is 23.4. The van der Waals surface area contributed by atoms with Crippen LogP contribution in [0.25, 0.3) is 0 Å². The van der Waals surface area contributed by atoms with E-state index in [1.165, 1.54) is 31.8 Å². The van der Waals surface area contributed by atoms with Gasteiger partial charge >= 0.3 is 0 Å². The molecule has 0 saturated carbocycles. The summed E-state index contributed by atoms with van der Waals surface area (Å²) in [4.78, 5) is 25.7. The molecule has 0 radical (unpaired) electrons. The summed E-state index contributed by atoms with van der Waals surface area (Å²) < 4.78 is 1.92. The highest BCUT2D eigenvalue weighted by atomic mass is 79.9. The summed E-state index contributed by atoms with van der Waals surface area (Å²) in [6.45, 7) is 8.33. The summed E-state index contributed by atoms with van der Waals surface area (Å²) in [6.07, 6.45) is 10.2. The highest BCUT2D eigenvalue weighted by molar-refractivity contribution is 9.10. The minimum Gasteiger partial charge on any atom is -0.369 e. The van der Waals surface area contributed by atoms with E-state index in [9.17, 15) is 4.79 Å². The van der Waals surface area contributed by atoms with Gasteiger partial charge in [-0.1, -0.05) is 6.08 Å². The number of hydrogen-bond donors (Lipinski definition) is 2. The predicted molar refractivity (Wildman–Crippen MR) is 136 cm³/mol. The number of hydrogen-bond acceptors (Lipinski definition) is 6. The molecule has 1 aromatic rings. The van der Waals surface area contributed by atoms with Crippen molar-refractivity contribution in [2.45, 2.75) is 57.5 Å². The van der Waals surface area contributed by atoms with E-state index in [-0.39, 0.29) is 0 Å². The van der Waals surface area contributed by atoms with Gasteiger partial charge in [-0.3, -0.25) is 4.79 Å². The third-order valence-corrected chi connectivity index (χ3v) is 8.41. The first kappa shape index (κ1) is 24.4. The highest BCUT2D eigenvalue weighted by Crippen LogP contribution is 2.32. The first-order chi connectivity index (χ1) is 15.9. The predicted octanol–water partition coefficient (Wildman–Crippen LogP) is 3.29. The fraction of sp³-hybridized carbons (Fsp3) is 0.708. The van der Waals surface area contributed by atoms with Crippen LogP contribution in [0, 0.1) is 0 Å². The largest absolute Gasteiger partial charge is 0.369 e. The van der Waals surface area contributed by atoms with Crippen molar-refractivity contribution in [3.8, 4) is 0 Å². The Balaban J connectivity index is 1.34. The van der Waals surface area contributed by atoms with E-state index in [2.05, 4.69) is 63.5 Å². The number of aromatic nitrogens is 2. The molecule has 3 unspecified atom stereocenters. The van der Waals surface area contributed by atoms with E-state index >= 15 is 0 Å². The molecule has 0 aromatic carbocycles. The summed E-state index contributed by atoms with van der Waals surface area (Å²) in [7, 11) is 4.63. The summed E-state index contributed by atoms with van der Waals surface area (Å²) >= 11 is 3.57. The van der Waals surface area contributed by atoms with Gasteiger partial charge in [-0.25, -0.2) is 4.98 Å². The van der Waals surface area contributed by atoms with E-state index in [1.807, 2.05) is 4.90 Å². The Labute approximate surface area is 206 Å². The van der Waals surface area contributed by atoms with Crippen molar-refractivity contribution in [1.29, 1.82) is 0 Å². The quantitative estimate of drug-likeness (QED) is 0.404. The van der Waals surface area contributed by atoms with Gasteiger partial charge in [0.2, 0.25) is 11.9 Å². The molecular formula is C24H39BrN7O+. The van der Waals surface area contributed by atoms with Gasteiger partial charge in [0.15, 0.2) is 0 Å². The lowest BCUT2D eigenvalue weighted by molar-refractivity contribution is -0.949. The molecule has 0 spiro atoms. The number of anilines is 2. The fourth-order valence-electron chi connectivity index (χ4n) is 5.48. The lowest BCUT2D eigenvalue weighted by Crippen LogP contribution is -2.61. The molecule has 3 atom stereocenters. The molecular weight excluding hydrogens is 482 g/mol. The maximum Gasteiger partial charge on any atom is 0.229 e. The molecule has 2 saturated heterocycles. The molecule has 4 rings (SSSR count). The van der Waals surface area contributed by atoms with Crippen LogP contribution < -0.4 is 10.6 Å². The summed E-state index contributed by atoms with van der Waals surface area (Å²) in [6, 6.07) is 1.05. The van der Waals surface area contributed by atoms with E-state index < -0.39 is 0 Å². The molecule has 1 amide bonds. The first-order valence-corrected chi connectivity index (χ1v) is 13.2. The van der Waals surface area contributed by atoms with Crippen molar-refractivity contribution in [3.05, 3.63) is 22.4 Å². The Hall–Kier alpha value is -1.71. The Bertz CT molecular complexity index is 878. The van der Waals surface area contributed by atoms with Crippen molar-refractivity contribution >= 4 is 33.6 Å². The molecule has 0 aliphatic carbocycles. The minimum atomic E-state index is 0.292. The molecule has 8 nitrogen and oxygen atoms in total. The van der Waals surface area contributed by atoms with Gasteiger partial charge in [0.25, 0.3) is 0 Å². The van der Waals surface area contributed by atoms with Gasteiger partial charge in [0, 0.05) is 51.6 Å². The zero-order valence-electron chi connectivity index (χ0n) is 20.3. The molecule has 3 aliphatic heterocycles. The number of quaternary nitrogens is 1. The number of likely N-dealkylation sites (N-methyl/N-ethyl adjacent to an activating group) is 2. The molecule has 33 heavy (non-hydrogen) atoms. The van der Waals surface area contributed by atoms with E-state index in [0.29, 0.717) is 30.4 Å². The fourth-order valence-corrected chi connectivity index (χ4v) is 5.81. The van der Waals surface area contributed by atoms with Crippen LogP contribution in [-0.2, 0) is 4.79 Å². The first-order valence-electron chi connectivity index (χ1n) is 12.4. The van der Waals surface area contributed by atoms with Gasteiger partial charge in [-0.05, 0) is 49.2 Å². The van der Waals surface area contributed by atoms with Gasteiger partial charge < -0.3 is 24.9 Å². The second-order valence-corrected chi connectivity index (χ2v) is 10.9. The summed E-state index contributed by atoms with van der Waals surface area (Å²) in [5.41, 5.74) is 1.22. The molecule has 3 aliphatic rings. The average molecular weight is 522 g/mol. The van der Waals surface area contributed by atoms with Crippen LogP contribution >= 0.6 is 15.9 Å². The van der Waals surface area contributed by atoms with Crippen molar-refractivity contribution < 1.29 is 9.28 Å². The number of amides is 1. The molecule has 0 bridgehead atoms. The number of rotatable bonds is 8. The van der Waals surface area contributed by atoms with Gasteiger partial charge in [-0.2, -0.15) is 4.98 Å². The Morgan fingerprint density at radius 3 is 2.91 bits per heavy atom. The normalized spacial score (nSPS) is 28.7. The van der Waals surface area contributed by atoms with Crippen molar-refractivity contribution in [2.75, 3.05) is 64.0 Å². The molecule has 9 heteroatoms. The van der Waals surface area contributed by atoms with Crippen molar-refractivity contribution in [1.82, 2.24) is 19.8 Å². The minimum absolute atomic E-state index is 0.292. The molecule has 1 aromatic heterocycles. The lowest BCUT2D eigenvalue weighted by atomic mass is 9.99. The molecule has 182 valence electrons. The van der Waals surface area contributed by atoms with Gasteiger partial charge in [-0.15, -0.1) is 0 Å². The van der Waals surface area contributed by atoms with Crippen LogP contribution in [0.15, 0.2) is 22.4 Å². The summed E-state index contributed by atoms with van der Waals surface area (Å²) in [5.74, 6) is 1.71. The standard InChI is InChI=1S/C24H39BrN7O/c1-18-21(8-6-15-32(18,3)19-10-14-30(2)17-19)28-24-27-16-20(25)23(29-24)26-11-7-13-31-12-5-4-9-22(31)33/h8,16,18-19H,4-7,9-15,17H2,1-3H3,(H2,26,27,28,29)/q+1. The number of carbonyl (C=O) groups excluding carboxylic acids is 1. The Morgan fingerprint density at radius 2 is 2.15 bits per heavy atom. The van der Waals surface area contributed by atoms with Crippen LogP contribution in [0.5, 0.6) is 0 Å². The van der Waals surface area contributed by atoms with Crippen LogP contribution in [0.3, 0.4) is 0 Å². The zero-order valence-corrected chi connectivity index (χ0v) is 21.9. The monoisotopic (exact) mass is 520 g/mol. The smallest absolute Gasteiger partial charge is 0.229 e. The second-order valence-electron chi connectivity index (χ2n) is 10.0. The van der Waals surface area contributed by atoms with E-state index in [1.54, 1.807) is 6.20 Å². The number of piperidine rings is 1. The van der Waals surface area contributed by atoms with Gasteiger partial charge in [0.05, 0.1) is 30.3 Å². The number of nitrogens with one attached hydrogen (secondary N) is 2. The van der Waals surface area contributed by atoms with Crippen LogP contribution in [0.1, 0.15) is 45.4 Å². The molecule has 4 heterocycles. The maximum absolute atomic E-state index is 12.0. The van der Waals surface area contributed by atoms with Gasteiger partial charge in [0.1, 0.15) is 17.9 Å². The van der Waals surface area contributed by atoms with Crippen molar-refractivity contribution in [2.24, 2.45) is 0 Å². The number of halogens is 1. The highest BCUT2D eigenvalue weighted by Gasteiger charge is 2.43. The molecule has 2 fully saturated rings. The SMILES string of the molecule is CC1C(Nc2ncc(Br)c(NCCCN3CCCCC3=O)n2)=CCC[N+]1(C)C1CCN(C)C1. The Kier molecular flexibility index (Phi) is 7.91. The molecule has 2 N–H and O–H groups in total. The van der Waals surface area contributed by atoms with Crippen molar-refractivity contribution in [3.63, 3.8) is 0 Å². The Morgan fingerprint density at radius 1 is 1.30 bits per heavy atom. The van der Waals surface area contributed by atoms with Crippen LogP contribution in [0.4, 0.5) is 11.8 Å². The summed E-state index contributed by atoms with van der Waals surface area (Å²) in [5, 5.41) is 6.95. The van der Waals surface area contributed by atoms with Crippen LogP contribution in [0.2, 0.25) is 0 Å². The maximum atomic E-state index is 12.0. The number of nitrogens with zero attached hydrogens (tertiary/aromatic N) is 5. The van der Waals surface area contributed by atoms with E-state index in [4.69, 9.17) is 4.98 Å². The average Bonchev–Trinajstić information content (AvgIpc) is 3.24. The lowest BCUT2D eigenvalue weighted by Gasteiger charge is -2.47.